The van der Waals surface area contributed by atoms with E-state index in [-0.39, 0.29) is 13.2 Å². The van der Waals surface area contributed by atoms with E-state index in [4.69, 9.17) is 5.11 Å². The molecule has 0 spiro atoms. The van der Waals surface area contributed by atoms with E-state index in [1.807, 2.05) is 12.1 Å². The molecule has 2 N–H and O–H groups in total. The van der Waals surface area contributed by atoms with Crippen LogP contribution in [0.15, 0.2) is 29.2 Å². The van der Waals surface area contributed by atoms with Crippen molar-refractivity contribution in [1.29, 1.82) is 0 Å². The number of sulfonamides is 1. The van der Waals surface area contributed by atoms with Crippen molar-refractivity contribution in [2.75, 3.05) is 26.7 Å². The van der Waals surface area contributed by atoms with Crippen molar-refractivity contribution in [3.8, 4) is 0 Å². The molecule has 1 fully saturated rings. The first-order chi connectivity index (χ1) is 9.55. The average Bonchev–Trinajstić information content (AvgIpc) is 3.23. The van der Waals surface area contributed by atoms with E-state index in [2.05, 4.69) is 5.32 Å². The van der Waals surface area contributed by atoms with Gasteiger partial charge >= 0.3 is 0 Å². The Kier molecular flexibility index (Phi) is 5.15. The highest BCUT2D eigenvalue weighted by atomic mass is 32.2. The first kappa shape index (κ1) is 15.4. The third-order valence-corrected chi connectivity index (χ3v) is 5.48. The monoisotopic (exact) mass is 298 g/mol. The summed E-state index contributed by atoms with van der Waals surface area (Å²) >= 11 is 0. The highest BCUT2D eigenvalue weighted by Crippen LogP contribution is 2.28. The average molecular weight is 298 g/mol. The van der Waals surface area contributed by atoms with Crippen molar-refractivity contribution in [1.82, 2.24) is 9.62 Å². The molecule has 0 aliphatic heterocycles. The number of likely N-dealkylation sites (N-methyl/N-ethyl adjacent to an activating group) is 1. The quantitative estimate of drug-likeness (QED) is 0.745. The van der Waals surface area contributed by atoms with Gasteiger partial charge in [0.1, 0.15) is 0 Å². The highest BCUT2D eigenvalue weighted by Gasteiger charge is 2.24. The maximum Gasteiger partial charge on any atom is 0.243 e. The summed E-state index contributed by atoms with van der Waals surface area (Å²) in [4.78, 5) is 0.319. The van der Waals surface area contributed by atoms with Crippen LogP contribution in [0.2, 0.25) is 0 Å². The van der Waals surface area contributed by atoms with Crippen LogP contribution in [-0.4, -0.2) is 44.6 Å². The van der Waals surface area contributed by atoms with Crippen LogP contribution in [0.1, 0.15) is 18.4 Å². The second-order valence-electron chi connectivity index (χ2n) is 5.23. The molecule has 6 heteroatoms. The number of hydrogen-bond acceptors (Lipinski definition) is 4. The minimum absolute atomic E-state index is 0.103. The molecule has 0 saturated heterocycles. The molecule has 20 heavy (non-hydrogen) atoms. The molecular weight excluding hydrogens is 276 g/mol. The second kappa shape index (κ2) is 6.67. The van der Waals surface area contributed by atoms with Gasteiger partial charge in [-0.25, -0.2) is 8.42 Å². The number of rotatable bonds is 8. The van der Waals surface area contributed by atoms with Crippen molar-refractivity contribution >= 4 is 10.0 Å². The van der Waals surface area contributed by atoms with Gasteiger partial charge in [0.25, 0.3) is 0 Å². The highest BCUT2D eigenvalue weighted by molar-refractivity contribution is 7.89. The molecule has 1 aromatic rings. The lowest BCUT2D eigenvalue weighted by Gasteiger charge is -2.18. The van der Waals surface area contributed by atoms with Crippen LogP contribution in [-0.2, 0) is 16.6 Å². The number of aliphatic hydroxyl groups is 1. The Morgan fingerprint density at radius 1 is 1.35 bits per heavy atom. The van der Waals surface area contributed by atoms with Crippen molar-refractivity contribution in [3.05, 3.63) is 29.8 Å². The number of hydrogen-bond donors (Lipinski definition) is 2. The molecule has 0 radical (unpaired) electrons. The van der Waals surface area contributed by atoms with E-state index < -0.39 is 10.0 Å². The number of aliphatic hydroxyl groups excluding tert-OH is 1. The Labute approximate surface area is 120 Å². The Bertz CT molecular complexity index is 541. The molecule has 0 heterocycles. The number of nitrogens with one attached hydrogen (secondary N) is 1. The lowest BCUT2D eigenvalue weighted by molar-refractivity contribution is 0.266. The number of nitrogens with zero attached hydrogens (tertiary/aromatic N) is 1. The van der Waals surface area contributed by atoms with Crippen molar-refractivity contribution < 1.29 is 13.5 Å². The Morgan fingerprint density at radius 2 is 2.05 bits per heavy atom. The van der Waals surface area contributed by atoms with E-state index in [9.17, 15) is 8.42 Å². The minimum atomic E-state index is -3.53. The molecular formula is C14H22N2O3S. The summed E-state index contributed by atoms with van der Waals surface area (Å²) in [5.74, 6) is 0.760. The first-order valence-electron chi connectivity index (χ1n) is 6.91. The van der Waals surface area contributed by atoms with Gasteiger partial charge in [0.2, 0.25) is 10.0 Å². The molecule has 1 aliphatic rings. The van der Waals surface area contributed by atoms with Crippen LogP contribution in [0, 0.1) is 5.92 Å². The van der Waals surface area contributed by atoms with Gasteiger partial charge in [0.15, 0.2) is 0 Å². The summed E-state index contributed by atoms with van der Waals surface area (Å²) in [6.07, 6.45) is 2.54. The van der Waals surface area contributed by atoms with Gasteiger partial charge in [-0.15, -0.1) is 0 Å². The fraction of sp³-hybridized carbons (Fsp3) is 0.571. The lowest BCUT2D eigenvalue weighted by atomic mass is 10.2. The predicted molar refractivity (Wildman–Crippen MR) is 77.8 cm³/mol. The van der Waals surface area contributed by atoms with Gasteiger partial charge in [-0.3, -0.25) is 0 Å². The Hall–Kier alpha value is -0.950. The summed E-state index contributed by atoms with van der Waals surface area (Å²) in [6, 6.07) is 7.03. The van der Waals surface area contributed by atoms with E-state index in [1.165, 1.54) is 24.2 Å². The van der Waals surface area contributed by atoms with Crippen LogP contribution >= 0.6 is 0 Å². The van der Waals surface area contributed by atoms with Crippen LogP contribution in [0.4, 0.5) is 0 Å². The topological polar surface area (TPSA) is 69.6 Å². The van der Waals surface area contributed by atoms with E-state index in [0.717, 1.165) is 18.0 Å². The van der Waals surface area contributed by atoms with Crippen molar-refractivity contribution in [3.63, 3.8) is 0 Å². The molecule has 0 bridgehead atoms. The molecule has 112 valence electrons. The second-order valence-corrected chi connectivity index (χ2v) is 7.25. The van der Waals surface area contributed by atoms with Crippen LogP contribution < -0.4 is 5.32 Å². The zero-order valence-corrected chi connectivity index (χ0v) is 12.6. The van der Waals surface area contributed by atoms with E-state index in [1.54, 1.807) is 12.1 Å². The Morgan fingerprint density at radius 3 is 2.70 bits per heavy atom. The predicted octanol–water partition coefficient (Wildman–Crippen LogP) is 0.799. The van der Waals surface area contributed by atoms with Crippen LogP contribution in [0.5, 0.6) is 0 Å². The molecule has 0 aromatic heterocycles. The smallest absolute Gasteiger partial charge is 0.243 e. The third kappa shape index (κ3) is 3.79. The molecule has 2 rings (SSSR count). The summed E-state index contributed by atoms with van der Waals surface area (Å²) in [5, 5.41) is 12.2. The van der Waals surface area contributed by atoms with E-state index in [0.29, 0.717) is 11.4 Å². The SMILES string of the molecule is CN(CCO)S(=O)(=O)c1ccccc1CNCC1CC1. The van der Waals surface area contributed by atoms with Gasteiger partial charge in [-0.2, -0.15) is 4.31 Å². The molecule has 5 nitrogen and oxygen atoms in total. The van der Waals surface area contributed by atoms with Gasteiger partial charge < -0.3 is 10.4 Å². The normalized spacial score (nSPS) is 15.8. The molecule has 1 aromatic carbocycles. The molecule has 0 atom stereocenters. The molecule has 0 unspecified atom stereocenters. The molecule has 1 aliphatic carbocycles. The number of benzene rings is 1. The summed E-state index contributed by atoms with van der Waals surface area (Å²) in [7, 11) is -2.05. The van der Waals surface area contributed by atoms with Gasteiger partial charge in [-0.1, -0.05) is 18.2 Å². The minimum Gasteiger partial charge on any atom is -0.395 e. The fourth-order valence-electron chi connectivity index (χ4n) is 2.06. The first-order valence-corrected chi connectivity index (χ1v) is 8.35. The van der Waals surface area contributed by atoms with Gasteiger partial charge in [-0.05, 0) is 36.9 Å². The molecule has 0 amide bonds. The standard InChI is InChI=1S/C14H22N2O3S/c1-16(8-9-17)20(18,19)14-5-3-2-4-13(14)11-15-10-12-6-7-12/h2-5,12,15,17H,6-11H2,1H3. The zero-order valence-electron chi connectivity index (χ0n) is 11.7. The Balaban J connectivity index is 2.12. The van der Waals surface area contributed by atoms with E-state index >= 15 is 0 Å². The van der Waals surface area contributed by atoms with Crippen molar-refractivity contribution in [2.24, 2.45) is 5.92 Å². The van der Waals surface area contributed by atoms with Gasteiger partial charge in [0, 0.05) is 20.1 Å². The molecule has 1 saturated carbocycles. The van der Waals surface area contributed by atoms with Crippen LogP contribution in [0.25, 0.3) is 0 Å². The van der Waals surface area contributed by atoms with Gasteiger partial charge in [0.05, 0.1) is 11.5 Å². The summed E-state index contributed by atoms with van der Waals surface area (Å²) in [6.45, 7) is 1.42. The zero-order chi connectivity index (χ0) is 14.6. The van der Waals surface area contributed by atoms with Crippen molar-refractivity contribution in [2.45, 2.75) is 24.3 Å². The summed E-state index contributed by atoms with van der Waals surface area (Å²) < 4.78 is 26.1. The lowest BCUT2D eigenvalue weighted by Crippen LogP contribution is -2.31. The fourth-order valence-corrected chi connectivity index (χ4v) is 3.44. The maximum atomic E-state index is 12.4. The van der Waals surface area contributed by atoms with Crippen LogP contribution in [0.3, 0.4) is 0 Å². The maximum absolute atomic E-state index is 12.4. The summed E-state index contributed by atoms with van der Waals surface area (Å²) in [5.41, 5.74) is 0.776. The third-order valence-electron chi connectivity index (χ3n) is 3.52. The largest absolute Gasteiger partial charge is 0.395 e.